The van der Waals surface area contributed by atoms with Crippen molar-refractivity contribution in [2.75, 3.05) is 6.54 Å². The van der Waals surface area contributed by atoms with Gasteiger partial charge >= 0.3 is 0 Å². The Morgan fingerprint density at radius 1 is 1.12 bits per heavy atom. The Morgan fingerprint density at radius 2 is 1.75 bits per heavy atom. The molecule has 0 heterocycles. The molecule has 2 heteroatoms. The van der Waals surface area contributed by atoms with Gasteiger partial charge in [-0.2, -0.15) is 0 Å². The molecule has 0 aromatic carbocycles. The summed E-state index contributed by atoms with van der Waals surface area (Å²) < 4.78 is 0. The van der Waals surface area contributed by atoms with Gasteiger partial charge in [0.05, 0.1) is 0 Å². The highest BCUT2D eigenvalue weighted by molar-refractivity contribution is 5.76. The second kappa shape index (κ2) is 8.60. The lowest BCUT2D eigenvalue weighted by Gasteiger charge is -2.31. The van der Waals surface area contributed by atoms with E-state index in [4.69, 9.17) is 0 Å². The number of hydrogen-bond acceptors (Lipinski definition) is 1. The molecule has 2 nitrogen and oxygen atoms in total. The molecule has 0 aliphatic carbocycles. The van der Waals surface area contributed by atoms with Crippen LogP contribution in [0, 0.1) is 5.92 Å². The monoisotopic (exact) mass is 227 g/mol. The average molecular weight is 227 g/mol. The fourth-order valence-corrected chi connectivity index (χ4v) is 2.13. The molecule has 0 fully saturated rings. The highest BCUT2D eigenvalue weighted by atomic mass is 16.2. The molecule has 0 saturated carbocycles. The molecule has 96 valence electrons. The van der Waals surface area contributed by atoms with E-state index in [1.165, 1.54) is 0 Å². The lowest BCUT2D eigenvalue weighted by Crippen LogP contribution is -2.41. The summed E-state index contributed by atoms with van der Waals surface area (Å²) >= 11 is 0. The smallest absolute Gasteiger partial charge is 0.223 e. The molecular formula is C14H29NO. The Bertz CT molecular complexity index is 189. The molecule has 0 radical (unpaired) electrons. The van der Waals surface area contributed by atoms with E-state index in [-0.39, 0.29) is 0 Å². The van der Waals surface area contributed by atoms with Crippen LogP contribution in [0.25, 0.3) is 0 Å². The molecule has 0 aliphatic heterocycles. The summed E-state index contributed by atoms with van der Waals surface area (Å²) in [4.78, 5) is 14.3. The minimum Gasteiger partial charge on any atom is -0.340 e. The second-order valence-electron chi connectivity index (χ2n) is 5.04. The number of carbonyl (C=O) groups excluding carboxylic acids is 1. The molecule has 0 bridgehead atoms. The van der Waals surface area contributed by atoms with Crippen LogP contribution < -0.4 is 0 Å². The van der Waals surface area contributed by atoms with Crippen LogP contribution in [0.1, 0.15) is 66.7 Å². The summed E-state index contributed by atoms with van der Waals surface area (Å²) in [7, 11) is 0. The van der Waals surface area contributed by atoms with Gasteiger partial charge in [0, 0.05) is 19.0 Å². The molecule has 0 spiro atoms. The summed E-state index contributed by atoms with van der Waals surface area (Å²) in [6.07, 6.45) is 5.13. The van der Waals surface area contributed by atoms with Crippen LogP contribution in [0.15, 0.2) is 0 Å². The van der Waals surface area contributed by atoms with Gasteiger partial charge in [-0.05, 0) is 25.2 Å². The second-order valence-corrected chi connectivity index (χ2v) is 5.04. The van der Waals surface area contributed by atoms with Gasteiger partial charge < -0.3 is 4.90 Å². The van der Waals surface area contributed by atoms with Crippen molar-refractivity contribution < 1.29 is 4.79 Å². The van der Waals surface area contributed by atoms with Gasteiger partial charge in [-0.1, -0.05) is 41.0 Å². The van der Waals surface area contributed by atoms with E-state index in [1.54, 1.807) is 0 Å². The van der Waals surface area contributed by atoms with E-state index in [0.717, 1.165) is 32.2 Å². The van der Waals surface area contributed by atoms with Crippen LogP contribution in [0.2, 0.25) is 0 Å². The van der Waals surface area contributed by atoms with Crippen LogP contribution >= 0.6 is 0 Å². The van der Waals surface area contributed by atoms with Crippen LogP contribution in [0.5, 0.6) is 0 Å². The number of nitrogens with zero attached hydrogens (tertiary/aromatic N) is 1. The third-order valence-corrected chi connectivity index (χ3v) is 2.90. The maximum atomic E-state index is 12.1. The highest BCUT2D eigenvalue weighted by Crippen LogP contribution is 2.15. The molecular weight excluding hydrogens is 198 g/mol. The van der Waals surface area contributed by atoms with Crippen molar-refractivity contribution in [3.05, 3.63) is 0 Å². The SMILES string of the molecule is CCCC(CC)N(CCC)C(=O)CC(C)C. The van der Waals surface area contributed by atoms with Crippen molar-refractivity contribution in [1.29, 1.82) is 0 Å². The van der Waals surface area contributed by atoms with Crippen molar-refractivity contribution in [3.63, 3.8) is 0 Å². The quantitative estimate of drug-likeness (QED) is 0.617. The maximum Gasteiger partial charge on any atom is 0.223 e. The predicted octanol–water partition coefficient (Wildman–Crippen LogP) is 3.85. The van der Waals surface area contributed by atoms with Crippen LogP contribution in [0.3, 0.4) is 0 Å². The first-order valence-corrected chi connectivity index (χ1v) is 6.86. The van der Waals surface area contributed by atoms with Gasteiger partial charge in [0.2, 0.25) is 5.91 Å². The normalized spacial score (nSPS) is 12.9. The number of rotatable bonds is 8. The first-order chi connectivity index (χ1) is 7.56. The maximum absolute atomic E-state index is 12.1. The van der Waals surface area contributed by atoms with E-state index >= 15 is 0 Å². The molecule has 0 rings (SSSR count). The van der Waals surface area contributed by atoms with Gasteiger partial charge in [0.15, 0.2) is 0 Å². The summed E-state index contributed by atoms with van der Waals surface area (Å²) in [5.41, 5.74) is 0. The van der Waals surface area contributed by atoms with Gasteiger partial charge in [0.1, 0.15) is 0 Å². The largest absolute Gasteiger partial charge is 0.340 e. The number of hydrogen-bond donors (Lipinski definition) is 0. The molecule has 0 aromatic rings. The van der Waals surface area contributed by atoms with Crippen molar-refractivity contribution in [1.82, 2.24) is 4.90 Å². The highest BCUT2D eigenvalue weighted by Gasteiger charge is 2.21. The molecule has 1 atom stereocenters. The fraction of sp³-hybridized carbons (Fsp3) is 0.929. The van der Waals surface area contributed by atoms with Crippen molar-refractivity contribution in [3.8, 4) is 0 Å². The zero-order chi connectivity index (χ0) is 12.6. The topological polar surface area (TPSA) is 20.3 Å². The van der Waals surface area contributed by atoms with E-state index in [9.17, 15) is 4.79 Å². The van der Waals surface area contributed by atoms with Crippen LogP contribution in [-0.4, -0.2) is 23.4 Å². The summed E-state index contributed by atoms with van der Waals surface area (Å²) in [6.45, 7) is 11.7. The van der Waals surface area contributed by atoms with Crippen LogP contribution in [-0.2, 0) is 4.79 Å². The first kappa shape index (κ1) is 15.5. The summed E-state index contributed by atoms with van der Waals surface area (Å²) in [5.74, 6) is 0.808. The Labute approximate surface area is 101 Å². The van der Waals surface area contributed by atoms with Crippen molar-refractivity contribution in [2.24, 2.45) is 5.92 Å². The standard InChI is InChI=1S/C14H29NO/c1-6-9-13(8-3)15(10-7-2)14(16)11-12(4)5/h12-13H,6-11H2,1-5H3. The predicted molar refractivity (Wildman–Crippen MR) is 70.4 cm³/mol. The summed E-state index contributed by atoms with van der Waals surface area (Å²) in [5, 5.41) is 0. The Morgan fingerprint density at radius 3 is 2.12 bits per heavy atom. The van der Waals surface area contributed by atoms with Crippen LogP contribution in [0.4, 0.5) is 0 Å². The molecule has 0 aliphatic rings. The van der Waals surface area contributed by atoms with E-state index < -0.39 is 0 Å². The Hall–Kier alpha value is -0.530. The lowest BCUT2D eigenvalue weighted by atomic mass is 10.0. The van der Waals surface area contributed by atoms with E-state index in [1.807, 2.05) is 0 Å². The Kier molecular flexibility index (Phi) is 8.32. The van der Waals surface area contributed by atoms with Crippen molar-refractivity contribution >= 4 is 5.91 Å². The molecule has 16 heavy (non-hydrogen) atoms. The molecule has 0 aromatic heterocycles. The molecule has 0 N–H and O–H groups in total. The third-order valence-electron chi connectivity index (χ3n) is 2.90. The third kappa shape index (κ3) is 5.53. The number of amides is 1. The van der Waals surface area contributed by atoms with Gasteiger partial charge in [-0.15, -0.1) is 0 Å². The van der Waals surface area contributed by atoms with E-state index in [2.05, 4.69) is 39.5 Å². The first-order valence-electron chi connectivity index (χ1n) is 6.86. The minimum atomic E-state index is 0.345. The molecule has 1 amide bonds. The molecule has 1 unspecified atom stereocenters. The zero-order valence-corrected chi connectivity index (χ0v) is 11.8. The number of carbonyl (C=O) groups is 1. The van der Waals surface area contributed by atoms with Gasteiger partial charge in [-0.25, -0.2) is 0 Å². The summed E-state index contributed by atoms with van der Waals surface area (Å²) in [6, 6.07) is 0.455. The van der Waals surface area contributed by atoms with Gasteiger partial charge in [-0.3, -0.25) is 4.79 Å². The fourth-order valence-electron chi connectivity index (χ4n) is 2.13. The lowest BCUT2D eigenvalue weighted by molar-refractivity contribution is -0.134. The Balaban J connectivity index is 4.48. The van der Waals surface area contributed by atoms with E-state index in [0.29, 0.717) is 24.3 Å². The minimum absolute atomic E-state index is 0.345. The zero-order valence-electron chi connectivity index (χ0n) is 11.8. The molecule has 0 saturated heterocycles. The average Bonchev–Trinajstić information content (AvgIpc) is 2.22. The van der Waals surface area contributed by atoms with Crippen molar-refractivity contribution in [2.45, 2.75) is 72.8 Å². The van der Waals surface area contributed by atoms with Gasteiger partial charge in [0.25, 0.3) is 0 Å².